The number of halogens is 1. The molecule has 1 aliphatic rings. The van der Waals surface area contributed by atoms with Crippen molar-refractivity contribution in [3.63, 3.8) is 0 Å². The number of rotatable bonds is 4. The zero-order valence-corrected chi connectivity index (χ0v) is 14.1. The number of carbonyl (C=O) groups excluding carboxylic acids is 2. The van der Waals surface area contributed by atoms with Gasteiger partial charge in [0.05, 0.1) is 5.56 Å². The maximum atomic E-state index is 12.5. The van der Waals surface area contributed by atoms with Gasteiger partial charge in [-0.05, 0) is 47.6 Å². The summed E-state index contributed by atoms with van der Waals surface area (Å²) >= 11 is 2.18. The monoisotopic (exact) mass is 402 g/mol. The van der Waals surface area contributed by atoms with E-state index in [1.54, 1.807) is 0 Å². The Bertz CT molecular complexity index is 513. The van der Waals surface area contributed by atoms with Crippen molar-refractivity contribution >= 4 is 34.4 Å². The number of methoxy groups -OCH3 is 1. The molecule has 0 radical (unpaired) electrons. The average Bonchev–Trinajstić information content (AvgIpc) is 2.48. The highest BCUT2D eigenvalue weighted by Gasteiger charge is 2.25. The van der Waals surface area contributed by atoms with Crippen molar-refractivity contribution in [2.75, 3.05) is 26.8 Å². The first-order valence-electron chi connectivity index (χ1n) is 6.94. The molecule has 0 saturated carbocycles. The maximum Gasteiger partial charge on any atom is 0.254 e. The first-order valence-corrected chi connectivity index (χ1v) is 8.02. The molecule has 0 spiro atoms. The molecule has 1 N–H and O–H groups in total. The van der Waals surface area contributed by atoms with Crippen LogP contribution in [0.5, 0.6) is 0 Å². The number of likely N-dealkylation sites (tertiary alicyclic amines) is 1. The highest BCUT2D eigenvalue weighted by molar-refractivity contribution is 14.1. The van der Waals surface area contributed by atoms with E-state index in [1.807, 2.05) is 29.2 Å². The van der Waals surface area contributed by atoms with Crippen LogP contribution in [0.3, 0.4) is 0 Å². The van der Waals surface area contributed by atoms with Crippen LogP contribution in [0, 0.1) is 3.57 Å². The maximum absolute atomic E-state index is 12.5. The van der Waals surface area contributed by atoms with Crippen LogP contribution >= 0.6 is 22.6 Å². The van der Waals surface area contributed by atoms with Crippen molar-refractivity contribution in [1.82, 2.24) is 10.2 Å². The molecule has 0 aromatic heterocycles. The number of amides is 2. The van der Waals surface area contributed by atoms with Crippen molar-refractivity contribution in [1.29, 1.82) is 0 Å². The van der Waals surface area contributed by atoms with Crippen LogP contribution in [-0.4, -0.2) is 49.6 Å². The third kappa shape index (κ3) is 4.41. The summed E-state index contributed by atoms with van der Waals surface area (Å²) < 4.78 is 5.77. The second-order valence-electron chi connectivity index (χ2n) is 5.05. The predicted octanol–water partition coefficient (Wildman–Crippen LogP) is 1.66. The molecule has 0 bridgehead atoms. The Morgan fingerprint density at radius 1 is 1.33 bits per heavy atom. The third-order valence-corrected chi connectivity index (χ3v) is 4.47. The van der Waals surface area contributed by atoms with Crippen LogP contribution in [0.4, 0.5) is 0 Å². The molecule has 1 saturated heterocycles. The number of carbonyl (C=O) groups is 2. The van der Waals surface area contributed by atoms with Gasteiger partial charge in [0.25, 0.3) is 5.91 Å². The fourth-order valence-electron chi connectivity index (χ4n) is 2.43. The molecule has 114 valence electrons. The van der Waals surface area contributed by atoms with E-state index in [2.05, 4.69) is 27.9 Å². The zero-order valence-electron chi connectivity index (χ0n) is 12.0. The van der Waals surface area contributed by atoms with Gasteiger partial charge in [0.15, 0.2) is 0 Å². The smallest absolute Gasteiger partial charge is 0.254 e. The Kier molecular flexibility index (Phi) is 5.98. The number of nitrogens with one attached hydrogen (secondary N) is 1. The standard InChI is InChI=1S/C15H19IN2O3/c1-21-10-14(19)17-11-6-8-18(9-7-11)15(20)12-4-2-3-5-13(12)16/h2-5,11H,6-10H2,1H3,(H,17,19). The second kappa shape index (κ2) is 7.74. The number of piperidine rings is 1. The van der Waals surface area contributed by atoms with E-state index in [4.69, 9.17) is 4.74 Å². The summed E-state index contributed by atoms with van der Waals surface area (Å²) in [6, 6.07) is 7.73. The summed E-state index contributed by atoms with van der Waals surface area (Å²) in [5, 5.41) is 2.93. The molecule has 1 aromatic carbocycles. The van der Waals surface area contributed by atoms with Gasteiger partial charge in [-0.1, -0.05) is 12.1 Å². The summed E-state index contributed by atoms with van der Waals surface area (Å²) in [5.74, 6) is -0.0263. The summed E-state index contributed by atoms with van der Waals surface area (Å²) in [7, 11) is 1.50. The van der Waals surface area contributed by atoms with E-state index in [0.717, 1.165) is 22.0 Å². The van der Waals surface area contributed by atoms with Crippen LogP contribution in [0.25, 0.3) is 0 Å². The SMILES string of the molecule is COCC(=O)NC1CCN(C(=O)c2ccccc2I)CC1. The molecular weight excluding hydrogens is 383 g/mol. The van der Waals surface area contributed by atoms with Gasteiger partial charge in [0, 0.05) is 29.8 Å². The predicted molar refractivity (Wildman–Crippen MR) is 88.1 cm³/mol. The highest BCUT2D eigenvalue weighted by atomic mass is 127. The molecule has 6 heteroatoms. The first-order chi connectivity index (χ1) is 10.1. The largest absolute Gasteiger partial charge is 0.375 e. The van der Waals surface area contributed by atoms with Gasteiger partial charge in [0.1, 0.15) is 6.61 Å². The van der Waals surface area contributed by atoms with Crippen molar-refractivity contribution in [3.8, 4) is 0 Å². The van der Waals surface area contributed by atoms with Crippen molar-refractivity contribution in [3.05, 3.63) is 33.4 Å². The zero-order chi connectivity index (χ0) is 15.2. The van der Waals surface area contributed by atoms with Gasteiger partial charge in [-0.15, -0.1) is 0 Å². The summed E-state index contributed by atoms with van der Waals surface area (Å²) in [6.07, 6.45) is 1.56. The number of hydrogen-bond donors (Lipinski definition) is 1. The lowest BCUT2D eigenvalue weighted by Gasteiger charge is -2.32. The van der Waals surface area contributed by atoms with Gasteiger partial charge in [0.2, 0.25) is 5.91 Å². The molecule has 5 nitrogen and oxygen atoms in total. The lowest BCUT2D eigenvalue weighted by atomic mass is 10.0. The Morgan fingerprint density at radius 3 is 2.62 bits per heavy atom. The number of nitrogens with zero attached hydrogens (tertiary/aromatic N) is 1. The Morgan fingerprint density at radius 2 is 2.00 bits per heavy atom. The molecule has 21 heavy (non-hydrogen) atoms. The van der Waals surface area contributed by atoms with E-state index in [1.165, 1.54) is 7.11 Å². The van der Waals surface area contributed by atoms with Crippen LogP contribution in [0.2, 0.25) is 0 Å². The van der Waals surface area contributed by atoms with Gasteiger partial charge >= 0.3 is 0 Å². The fraction of sp³-hybridized carbons (Fsp3) is 0.467. The normalized spacial score (nSPS) is 15.8. The minimum absolute atomic E-state index is 0.0710. The summed E-state index contributed by atoms with van der Waals surface area (Å²) in [4.78, 5) is 25.8. The summed E-state index contributed by atoms with van der Waals surface area (Å²) in [6.45, 7) is 1.42. The van der Waals surface area contributed by atoms with Crippen LogP contribution in [0.15, 0.2) is 24.3 Å². The van der Waals surface area contributed by atoms with Gasteiger partial charge in [-0.25, -0.2) is 0 Å². The molecular formula is C15H19IN2O3. The first kappa shape index (κ1) is 16.2. The van der Waals surface area contributed by atoms with Gasteiger partial charge in [-0.3, -0.25) is 9.59 Å². The van der Waals surface area contributed by atoms with Crippen molar-refractivity contribution in [2.24, 2.45) is 0 Å². The van der Waals surface area contributed by atoms with Crippen molar-refractivity contribution in [2.45, 2.75) is 18.9 Å². The molecule has 0 atom stereocenters. The van der Waals surface area contributed by atoms with E-state index >= 15 is 0 Å². The van der Waals surface area contributed by atoms with E-state index in [0.29, 0.717) is 13.1 Å². The molecule has 0 unspecified atom stereocenters. The summed E-state index contributed by atoms with van der Waals surface area (Å²) in [5.41, 5.74) is 0.750. The second-order valence-corrected chi connectivity index (χ2v) is 6.21. The van der Waals surface area contributed by atoms with Crippen LogP contribution in [0.1, 0.15) is 23.2 Å². The number of hydrogen-bond acceptors (Lipinski definition) is 3. The molecule has 2 amide bonds. The topological polar surface area (TPSA) is 58.6 Å². The molecule has 1 aliphatic heterocycles. The molecule has 2 rings (SSSR count). The quantitative estimate of drug-likeness (QED) is 0.780. The average molecular weight is 402 g/mol. The number of ether oxygens (including phenoxy) is 1. The van der Waals surface area contributed by atoms with Crippen LogP contribution < -0.4 is 5.32 Å². The highest BCUT2D eigenvalue weighted by Crippen LogP contribution is 2.17. The Hall–Kier alpha value is -1.15. The molecule has 1 aromatic rings. The van der Waals surface area contributed by atoms with E-state index in [9.17, 15) is 9.59 Å². The minimum atomic E-state index is -0.0973. The number of benzene rings is 1. The van der Waals surface area contributed by atoms with Crippen LogP contribution in [-0.2, 0) is 9.53 Å². The Balaban J connectivity index is 1.88. The van der Waals surface area contributed by atoms with Crippen molar-refractivity contribution < 1.29 is 14.3 Å². The van der Waals surface area contributed by atoms with E-state index in [-0.39, 0.29) is 24.5 Å². The molecule has 1 fully saturated rings. The van der Waals surface area contributed by atoms with E-state index < -0.39 is 0 Å². The lowest BCUT2D eigenvalue weighted by molar-refractivity contribution is -0.125. The Labute approximate surface area is 138 Å². The minimum Gasteiger partial charge on any atom is -0.375 e. The van der Waals surface area contributed by atoms with Gasteiger partial charge in [-0.2, -0.15) is 0 Å². The lowest BCUT2D eigenvalue weighted by Crippen LogP contribution is -2.47. The molecule has 1 heterocycles. The van der Waals surface area contributed by atoms with Gasteiger partial charge < -0.3 is 15.0 Å². The third-order valence-electron chi connectivity index (χ3n) is 3.53. The molecule has 0 aliphatic carbocycles. The fourth-order valence-corrected chi connectivity index (χ4v) is 3.05.